The van der Waals surface area contributed by atoms with Crippen LogP contribution >= 0.6 is 34.8 Å². The Morgan fingerprint density at radius 1 is 0.893 bits per heavy atom. The topological polar surface area (TPSA) is 30.5 Å². The maximum atomic E-state index is 13.9. The molecule has 3 nitrogen and oxygen atoms in total. The molecule has 0 fully saturated rings. The molecule has 0 amide bonds. The second-order valence-electron chi connectivity index (χ2n) is 5.96. The number of nitrogens with one attached hydrogen (secondary N) is 1. The van der Waals surface area contributed by atoms with Crippen molar-refractivity contribution in [1.29, 1.82) is 0 Å². The van der Waals surface area contributed by atoms with Crippen LogP contribution in [0.3, 0.4) is 0 Å². The summed E-state index contributed by atoms with van der Waals surface area (Å²) in [6, 6.07) is 15.4. The summed E-state index contributed by atoms with van der Waals surface area (Å²) in [6.45, 7) is 0.552. The minimum absolute atomic E-state index is 0.00272. The van der Waals surface area contributed by atoms with Gasteiger partial charge in [-0.1, -0.05) is 46.9 Å². The Morgan fingerprint density at radius 3 is 2.43 bits per heavy atom. The van der Waals surface area contributed by atoms with Crippen LogP contribution in [-0.4, -0.2) is 7.11 Å². The molecule has 0 unspecified atom stereocenters. The second-order valence-corrected chi connectivity index (χ2v) is 7.18. The van der Waals surface area contributed by atoms with Gasteiger partial charge in [-0.15, -0.1) is 0 Å². The summed E-state index contributed by atoms with van der Waals surface area (Å²) in [5, 5.41) is 4.58. The molecule has 0 aliphatic carbocycles. The van der Waals surface area contributed by atoms with Gasteiger partial charge in [0.1, 0.15) is 12.4 Å². The molecule has 3 aromatic carbocycles. The van der Waals surface area contributed by atoms with Gasteiger partial charge in [-0.25, -0.2) is 4.39 Å². The highest BCUT2D eigenvalue weighted by Gasteiger charge is 2.11. The largest absolute Gasteiger partial charge is 0.493 e. The Hall–Kier alpha value is -2.14. The van der Waals surface area contributed by atoms with Gasteiger partial charge in [-0.2, -0.15) is 0 Å². The van der Waals surface area contributed by atoms with Crippen LogP contribution in [0.4, 0.5) is 10.1 Å². The van der Waals surface area contributed by atoms with Crippen LogP contribution in [0, 0.1) is 5.82 Å². The third kappa shape index (κ3) is 5.02. The predicted molar refractivity (Wildman–Crippen MR) is 113 cm³/mol. The van der Waals surface area contributed by atoms with Crippen LogP contribution in [0.25, 0.3) is 0 Å². The van der Waals surface area contributed by atoms with E-state index in [0.29, 0.717) is 38.7 Å². The Balaban J connectivity index is 1.68. The molecule has 3 aromatic rings. The molecule has 0 saturated heterocycles. The first kappa shape index (κ1) is 20.6. The summed E-state index contributed by atoms with van der Waals surface area (Å²) >= 11 is 18.0. The second kappa shape index (κ2) is 9.37. The molecule has 0 heterocycles. The average molecular weight is 441 g/mol. The molecule has 7 heteroatoms. The van der Waals surface area contributed by atoms with Crippen molar-refractivity contribution in [3.8, 4) is 11.5 Å². The van der Waals surface area contributed by atoms with Crippen LogP contribution in [0.2, 0.25) is 15.1 Å². The highest BCUT2D eigenvalue weighted by atomic mass is 35.5. The molecular weight excluding hydrogens is 424 g/mol. The number of hydrogen-bond acceptors (Lipinski definition) is 3. The molecular formula is C21H17Cl3FNO2. The van der Waals surface area contributed by atoms with Crippen LogP contribution in [0.5, 0.6) is 11.5 Å². The van der Waals surface area contributed by atoms with Gasteiger partial charge in [-0.3, -0.25) is 0 Å². The first-order valence-corrected chi connectivity index (χ1v) is 9.53. The number of anilines is 1. The number of rotatable bonds is 7. The molecule has 0 spiro atoms. The number of methoxy groups -OCH3 is 1. The van der Waals surface area contributed by atoms with E-state index < -0.39 is 5.82 Å². The molecule has 0 saturated carbocycles. The zero-order valence-corrected chi connectivity index (χ0v) is 17.2. The quantitative estimate of drug-likeness (QED) is 0.429. The van der Waals surface area contributed by atoms with E-state index in [2.05, 4.69) is 5.32 Å². The van der Waals surface area contributed by atoms with Gasteiger partial charge in [0.25, 0.3) is 0 Å². The maximum absolute atomic E-state index is 13.9. The summed E-state index contributed by atoms with van der Waals surface area (Å²) < 4.78 is 25.0. The van der Waals surface area contributed by atoms with Gasteiger partial charge >= 0.3 is 0 Å². The van der Waals surface area contributed by atoms with Crippen molar-refractivity contribution in [3.05, 3.63) is 86.6 Å². The van der Waals surface area contributed by atoms with Crippen molar-refractivity contribution in [2.45, 2.75) is 13.2 Å². The Bertz CT molecular complexity index is 962. The summed E-state index contributed by atoms with van der Waals surface area (Å²) in [5.41, 5.74) is 2.12. The lowest BCUT2D eigenvalue weighted by molar-refractivity contribution is 0.279. The third-order valence-electron chi connectivity index (χ3n) is 4.08. The van der Waals surface area contributed by atoms with Gasteiger partial charge in [-0.05, 0) is 48.0 Å². The molecule has 0 aliphatic rings. The monoisotopic (exact) mass is 439 g/mol. The number of ether oxygens (including phenoxy) is 2. The van der Waals surface area contributed by atoms with E-state index in [-0.39, 0.29) is 6.61 Å². The summed E-state index contributed by atoms with van der Waals surface area (Å²) in [6.07, 6.45) is 0. The maximum Gasteiger partial charge on any atom is 0.161 e. The van der Waals surface area contributed by atoms with E-state index in [4.69, 9.17) is 44.3 Å². The van der Waals surface area contributed by atoms with Crippen molar-refractivity contribution in [1.82, 2.24) is 0 Å². The SMILES string of the molecule is COc1cc(CNc2ccc(Cl)c(Cl)c2)ccc1OCc1c(F)cccc1Cl. The zero-order valence-electron chi connectivity index (χ0n) is 14.9. The van der Waals surface area contributed by atoms with Crippen molar-refractivity contribution in [3.63, 3.8) is 0 Å². The predicted octanol–water partition coefficient (Wildman–Crippen LogP) is 6.99. The summed E-state index contributed by atoms with van der Waals surface area (Å²) in [7, 11) is 1.55. The standard InChI is InChI=1S/C21H17Cl3FNO2/c1-27-21-9-13(11-26-14-6-7-17(23)18(24)10-14)5-8-20(21)28-12-15-16(22)3-2-4-19(15)25/h2-10,26H,11-12H2,1H3. The van der Waals surface area contributed by atoms with Gasteiger partial charge in [0.2, 0.25) is 0 Å². The van der Waals surface area contributed by atoms with Crippen molar-refractivity contribution >= 4 is 40.5 Å². The van der Waals surface area contributed by atoms with Crippen LogP contribution < -0.4 is 14.8 Å². The van der Waals surface area contributed by atoms with Crippen molar-refractivity contribution < 1.29 is 13.9 Å². The summed E-state index contributed by atoms with van der Waals surface area (Å²) in [5.74, 6) is 0.634. The smallest absolute Gasteiger partial charge is 0.161 e. The molecule has 28 heavy (non-hydrogen) atoms. The zero-order chi connectivity index (χ0) is 20.1. The Labute approximate surface area is 177 Å². The minimum atomic E-state index is -0.408. The van der Waals surface area contributed by atoms with E-state index in [1.807, 2.05) is 18.2 Å². The lowest BCUT2D eigenvalue weighted by Gasteiger charge is -2.14. The average Bonchev–Trinajstić information content (AvgIpc) is 2.69. The normalized spacial score (nSPS) is 10.6. The molecule has 0 aliphatic heterocycles. The number of hydrogen-bond donors (Lipinski definition) is 1. The molecule has 0 aromatic heterocycles. The lowest BCUT2D eigenvalue weighted by atomic mass is 10.2. The van der Waals surface area contributed by atoms with E-state index in [1.54, 1.807) is 37.4 Å². The van der Waals surface area contributed by atoms with E-state index >= 15 is 0 Å². The van der Waals surface area contributed by atoms with E-state index in [0.717, 1.165) is 11.3 Å². The van der Waals surface area contributed by atoms with E-state index in [9.17, 15) is 4.39 Å². The summed E-state index contributed by atoms with van der Waals surface area (Å²) in [4.78, 5) is 0. The van der Waals surface area contributed by atoms with Crippen molar-refractivity contribution in [2.75, 3.05) is 12.4 Å². The Morgan fingerprint density at radius 2 is 1.71 bits per heavy atom. The van der Waals surface area contributed by atoms with Gasteiger partial charge in [0.15, 0.2) is 11.5 Å². The highest BCUT2D eigenvalue weighted by Crippen LogP contribution is 2.31. The lowest BCUT2D eigenvalue weighted by Crippen LogP contribution is -2.03. The first-order chi connectivity index (χ1) is 13.5. The van der Waals surface area contributed by atoms with E-state index in [1.165, 1.54) is 6.07 Å². The minimum Gasteiger partial charge on any atom is -0.493 e. The molecule has 0 atom stereocenters. The fourth-order valence-corrected chi connectivity index (χ4v) is 3.09. The Kier molecular flexibility index (Phi) is 6.89. The molecule has 1 N–H and O–H groups in total. The van der Waals surface area contributed by atoms with Gasteiger partial charge in [0, 0.05) is 17.8 Å². The molecule has 146 valence electrons. The first-order valence-electron chi connectivity index (χ1n) is 8.39. The van der Waals surface area contributed by atoms with Gasteiger partial charge in [0.05, 0.1) is 22.2 Å². The van der Waals surface area contributed by atoms with Gasteiger partial charge < -0.3 is 14.8 Å². The van der Waals surface area contributed by atoms with Crippen molar-refractivity contribution in [2.24, 2.45) is 0 Å². The number of halogens is 4. The fourth-order valence-electron chi connectivity index (χ4n) is 2.57. The highest BCUT2D eigenvalue weighted by molar-refractivity contribution is 6.42. The molecule has 3 rings (SSSR count). The molecule has 0 bridgehead atoms. The fraction of sp³-hybridized carbons (Fsp3) is 0.143. The molecule has 0 radical (unpaired) electrons. The third-order valence-corrected chi connectivity index (χ3v) is 5.17. The van der Waals surface area contributed by atoms with Crippen LogP contribution in [-0.2, 0) is 13.2 Å². The number of benzene rings is 3. The van der Waals surface area contributed by atoms with Crippen LogP contribution in [0.15, 0.2) is 54.6 Å². The van der Waals surface area contributed by atoms with Crippen LogP contribution in [0.1, 0.15) is 11.1 Å².